The Morgan fingerprint density at radius 2 is 2.09 bits per heavy atom. The highest BCUT2D eigenvalue weighted by Crippen LogP contribution is 2.45. The van der Waals surface area contributed by atoms with Gasteiger partial charge in [0, 0.05) is 32.3 Å². The summed E-state index contributed by atoms with van der Waals surface area (Å²) in [7, 11) is 1.65. The van der Waals surface area contributed by atoms with E-state index in [9.17, 15) is 4.79 Å². The molecule has 0 aromatic carbocycles. The van der Waals surface area contributed by atoms with Crippen LogP contribution in [0.3, 0.4) is 0 Å². The Bertz CT molecular complexity index is 773. The van der Waals surface area contributed by atoms with Crippen molar-refractivity contribution in [2.24, 2.45) is 18.9 Å². The molecule has 2 unspecified atom stereocenters. The molecule has 2 aliphatic rings. The molecule has 0 bridgehead atoms. The number of carbonyl (C=O) groups is 1. The van der Waals surface area contributed by atoms with Crippen LogP contribution >= 0.6 is 0 Å². The van der Waals surface area contributed by atoms with Gasteiger partial charge >= 0.3 is 5.97 Å². The van der Waals surface area contributed by atoms with Crippen molar-refractivity contribution >= 4 is 11.8 Å². The summed E-state index contributed by atoms with van der Waals surface area (Å²) < 4.78 is 1.41. The van der Waals surface area contributed by atoms with Gasteiger partial charge in [-0.15, -0.1) is 0 Å². The van der Waals surface area contributed by atoms with Crippen LogP contribution < -0.4 is 4.90 Å². The third-order valence-electron chi connectivity index (χ3n) is 5.00. The summed E-state index contributed by atoms with van der Waals surface area (Å²) >= 11 is 0. The van der Waals surface area contributed by atoms with Crippen LogP contribution in [0.5, 0.6) is 0 Å². The molecule has 1 saturated heterocycles. The lowest BCUT2D eigenvalue weighted by Crippen LogP contribution is -2.23. The van der Waals surface area contributed by atoms with Gasteiger partial charge in [-0.2, -0.15) is 5.10 Å². The Kier molecular flexibility index (Phi) is 3.14. The summed E-state index contributed by atoms with van der Waals surface area (Å²) in [5.41, 5.74) is 3.04. The van der Waals surface area contributed by atoms with Crippen LogP contribution in [-0.2, 0) is 13.5 Å². The van der Waals surface area contributed by atoms with Crippen molar-refractivity contribution in [1.82, 2.24) is 14.8 Å². The zero-order valence-electron chi connectivity index (χ0n) is 13.4. The number of carboxylic acids is 1. The summed E-state index contributed by atoms with van der Waals surface area (Å²) in [6.45, 7) is 4.29. The van der Waals surface area contributed by atoms with Crippen molar-refractivity contribution in [3.63, 3.8) is 0 Å². The Labute approximate surface area is 134 Å². The topological polar surface area (TPSA) is 71.2 Å². The SMILES string of the molecule is Cc1nc(N2CC3CC3C2)ccc1Cc1cc(C(=O)O)n(C)n1. The molecular weight excluding hydrogens is 292 g/mol. The van der Waals surface area contributed by atoms with Gasteiger partial charge in [0.25, 0.3) is 0 Å². The molecule has 4 rings (SSSR count). The second kappa shape index (κ2) is 5.08. The van der Waals surface area contributed by atoms with Gasteiger partial charge in [0.1, 0.15) is 11.5 Å². The molecule has 120 valence electrons. The number of aromatic carboxylic acids is 1. The highest BCUT2D eigenvalue weighted by atomic mass is 16.4. The molecule has 1 aliphatic carbocycles. The highest BCUT2D eigenvalue weighted by Gasteiger charge is 2.45. The van der Waals surface area contributed by atoms with E-state index in [0.29, 0.717) is 6.42 Å². The molecule has 23 heavy (non-hydrogen) atoms. The van der Waals surface area contributed by atoms with Gasteiger partial charge in [0.05, 0.1) is 5.69 Å². The number of anilines is 1. The van der Waals surface area contributed by atoms with Crippen molar-refractivity contribution in [2.75, 3.05) is 18.0 Å². The maximum atomic E-state index is 11.1. The maximum absolute atomic E-state index is 11.1. The fourth-order valence-corrected chi connectivity index (χ4v) is 3.53. The van der Waals surface area contributed by atoms with Gasteiger partial charge in [-0.05, 0) is 42.9 Å². The number of aryl methyl sites for hydroxylation is 2. The van der Waals surface area contributed by atoms with Crippen molar-refractivity contribution in [2.45, 2.75) is 19.8 Å². The smallest absolute Gasteiger partial charge is 0.354 e. The lowest BCUT2D eigenvalue weighted by Gasteiger charge is -2.20. The number of fused-ring (bicyclic) bond motifs is 1. The molecule has 2 atom stereocenters. The van der Waals surface area contributed by atoms with Crippen LogP contribution in [0.25, 0.3) is 0 Å². The van der Waals surface area contributed by atoms with Crippen LogP contribution in [0.1, 0.15) is 33.9 Å². The third kappa shape index (κ3) is 2.58. The Hall–Kier alpha value is -2.37. The van der Waals surface area contributed by atoms with Crippen LogP contribution in [0.15, 0.2) is 18.2 Å². The molecule has 3 heterocycles. The first-order valence-electron chi connectivity index (χ1n) is 7.99. The largest absolute Gasteiger partial charge is 0.477 e. The number of hydrogen-bond donors (Lipinski definition) is 1. The molecule has 2 aromatic rings. The first-order valence-corrected chi connectivity index (χ1v) is 7.99. The van der Waals surface area contributed by atoms with E-state index in [-0.39, 0.29) is 5.69 Å². The standard InChI is InChI=1S/C17H20N4O2/c1-10-11(6-14-7-15(17(22)23)20(2)19-14)3-4-16(18-10)21-8-12-5-13(12)9-21/h3-4,7,12-13H,5-6,8-9H2,1-2H3,(H,22,23). The van der Waals surface area contributed by atoms with Gasteiger partial charge in [-0.3, -0.25) is 4.68 Å². The fraction of sp³-hybridized carbons (Fsp3) is 0.471. The number of piperidine rings is 1. The monoisotopic (exact) mass is 312 g/mol. The zero-order chi connectivity index (χ0) is 16.1. The highest BCUT2D eigenvalue weighted by molar-refractivity contribution is 5.85. The molecular formula is C17H20N4O2. The number of rotatable bonds is 4. The van der Waals surface area contributed by atoms with Gasteiger partial charge in [-0.1, -0.05) is 6.07 Å². The number of carboxylic acid groups (broad SMARTS) is 1. The summed E-state index contributed by atoms with van der Waals surface area (Å²) in [4.78, 5) is 18.2. The molecule has 6 heteroatoms. The maximum Gasteiger partial charge on any atom is 0.354 e. The van der Waals surface area contributed by atoms with E-state index in [1.807, 2.05) is 6.92 Å². The number of aromatic nitrogens is 3. The van der Waals surface area contributed by atoms with Crippen LogP contribution in [-0.4, -0.2) is 38.9 Å². The average Bonchev–Trinajstić information content (AvgIpc) is 2.93. The molecule has 2 aromatic heterocycles. The van der Waals surface area contributed by atoms with E-state index in [1.165, 1.54) is 11.1 Å². The minimum atomic E-state index is -0.955. The van der Waals surface area contributed by atoms with E-state index in [4.69, 9.17) is 10.1 Å². The molecule has 0 amide bonds. The summed E-state index contributed by atoms with van der Waals surface area (Å²) in [6, 6.07) is 5.80. The fourth-order valence-electron chi connectivity index (χ4n) is 3.53. The predicted octanol–water partition coefficient (Wildman–Crippen LogP) is 1.87. The van der Waals surface area contributed by atoms with Gasteiger partial charge < -0.3 is 10.0 Å². The summed E-state index contributed by atoms with van der Waals surface area (Å²) in [5.74, 6) is 1.88. The number of pyridine rings is 1. The van der Waals surface area contributed by atoms with Crippen LogP contribution in [0.2, 0.25) is 0 Å². The predicted molar refractivity (Wildman–Crippen MR) is 85.8 cm³/mol. The molecule has 0 spiro atoms. The molecule has 6 nitrogen and oxygen atoms in total. The first-order chi connectivity index (χ1) is 11.0. The van der Waals surface area contributed by atoms with E-state index >= 15 is 0 Å². The summed E-state index contributed by atoms with van der Waals surface area (Å²) in [6.07, 6.45) is 1.99. The first kappa shape index (κ1) is 14.2. The quantitative estimate of drug-likeness (QED) is 0.933. The Morgan fingerprint density at radius 1 is 1.35 bits per heavy atom. The number of hydrogen-bond acceptors (Lipinski definition) is 4. The minimum Gasteiger partial charge on any atom is -0.477 e. The minimum absolute atomic E-state index is 0.207. The van der Waals surface area contributed by atoms with E-state index in [0.717, 1.165) is 47.7 Å². The van der Waals surface area contributed by atoms with Crippen molar-refractivity contribution < 1.29 is 9.90 Å². The lowest BCUT2D eigenvalue weighted by atomic mass is 10.1. The van der Waals surface area contributed by atoms with Crippen molar-refractivity contribution in [3.8, 4) is 0 Å². The van der Waals surface area contributed by atoms with Crippen molar-refractivity contribution in [3.05, 3.63) is 40.8 Å². The molecule has 0 radical (unpaired) electrons. The van der Waals surface area contributed by atoms with Gasteiger partial charge in [0.15, 0.2) is 0 Å². The Balaban J connectivity index is 1.53. The average molecular weight is 312 g/mol. The van der Waals surface area contributed by atoms with Crippen LogP contribution in [0.4, 0.5) is 5.82 Å². The van der Waals surface area contributed by atoms with Crippen LogP contribution in [0, 0.1) is 18.8 Å². The second-order valence-electron chi connectivity index (χ2n) is 6.70. The molecule has 1 N–H and O–H groups in total. The van der Waals surface area contributed by atoms with Gasteiger partial charge in [-0.25, -0.2) is 9.78 Å². The lowest BCUT2D eigenvalue weighted by molar-refractivity contribution is 0.0685. The van der Waals surface area contributed by atoms with E-state index in [1.54, 1.807) is 13.1 Å². The molecule has 2 fully saturated rings. The Morgan fingerprint density at radius 3 is 2.70 bits per heavy atom. The zero-order valence-corrected chi connectivity index (χ0v) is 13.4. The number of nitrogens with zero attached hydrogens (tertiary/aromatic N) is 4. The van der Waals surface area contributed by atoms with Crippen molar-refractivity contribution in [1.29, 1.82) is 0 Å². The van der Waals surface area contributed by atoms with E-state index in [2.05, 4.69) is 22.1 Å². The molecule has 1 saturated carbocycles. The summed E-state index contributed by atoms with van der Waals surface area (Å²) in [5, 5.41) is 13.4. The molecule has 1 aliphatic heterocycles. The van der Waals surface area contributed by atoms with E-state index < -0.39 is 5.97 Å². The second-order valence-corrected chi connectivity index (χ2v) is 6.70. The van der Waals surface area contributed by atoms with Gasteiger partial charge in [0.2, 0.25) is 0 Å². The normalized spacial score (nSPS) is 22.3. The third-order valence-corrected chi connectivity index (χ3v) is 5.00.